The van der Waals surface area contributed by atoms with Gasteiger partial charge in [-0.1, -0.05) is 0 Å². The second-order valence-electron chi connectivity index (χ2n) is 3.18. The molecule has 0 aliphatic carbocycles. The number of hydrogen-bond donors (Lipinski definition) is 1. The zero-order chi connectivity index (χ0) is 12.3. The zero-order valence-electron chi connectivity index (χ0n) is 8.52. The van der Waals surface area contributed by atoms with Gasteiger partial charge < -0.3 is 5.32 Å². The van der Waals surface area contributed by atoms with Gasteiger partial charge in [-0.2, -0.15) is 0 Å². The molecular formula is C11H7BrFN3O. The third-order valence-corrected chi connectivity index (χ3v) is 2.48. The summed E-state index contributed by atoms with van der Waals surface area (Å²) in [4.78, 5) is 19.2. The summed E-state index contributed by atoms with van der Waals surface area (Å²) in [5, 5.41) is 2.44. The normalized spacial score (nSPS) is 10.0. The minimum atomic E-state index is -0.578. The first kappa shape index (κ1) is 11.7. The number of rotatable bonds is 2. The number of halogens is 2. The Hall–Kier alpha value is -1.82. The van der Waals surface area contributed by atoms with Gasteiger partial charge in [0.05, 0.1) is 17.4 Å². The van der Waals surface area contributed by atoms with Crippen molar-refractivity contribution in [2.75, 3.05) is 5.32 Å². The van der Waals surface area contributed by atoms with Crippen molar-refractivity contribution in [2.24, 2.45) is 0 Å². The summed E-state index contributed by atoms with van der Waals surface area (Å²) in [5.41, 5.74) is 0.442. The van der Waals surface area contributed by atoms with Crippen LogP contribution in [-0.2, 0) is 0 Å². The molecule has 2 aromatic heterocycles. The molecule has 2 heterocycles. The minimum absolute atomic E-state index is 0.0907. The van der Waals surface area contributed by atoms with E-state index < -0.39 is 11.7 Å². The number of carbonyl (C=O) groups is 1. The van der Waals surface area contributed by atoms with Gasteiger partial charge in [0.25, 0.3) is 5.91 Å². The molecule has 2 rings (SSSR count). The topological polar surface area (TPSA) is 54.9 Å². The maximum absolute atomic E-state index is 13.2. The molecule has 0 aliphatic heterocycles. The quantitative estimate of drug-likeness (QED) is 0.867. The third kappa shape index (κ3) is 2.85. The SMILES string of the molecule is O=C(Nc1ccncc1F)c1ccc(Br)nc1. The van der Waals surface area contributed by atoms with Gasteiger partial charge in [-0.05, 0) is 34.1 Å². The molecule has 0 bridgehead atoms. The highest BCUT2D eigenvalue weighted by molar-refractivity contribution is 9.10. The molecular weight excluding hydrogens is 289 g/mol. The van der Waals surface area contributed by atoms with Gasteiger partial charge in [0.2, 0.25) is 0 Å². The van der Waals surface area contributed by atoms with E-state index in [1.807, 2.05) is 0 Å². The van der Waals surface area contributed by atoms with E-state index in [0.717, 1.165) is 6.20 Å². The molecule has 1 N–H and O–H groups in total. The Morgan fingerprint density at radius 3 is 2.76 bits per heavy atom. The van der Waals surface area contributed by atoms with Crippen molar-refractivity contribution in [1.29, 1.82) is 0 Å². The average molecular weight is 296 g/mol. The fourth-order valence-corrected chi connectivity index (χ4v) is 1.42. The molecule has 0 unspecified atom stereocenters. The number of aromatic nitrogens is 2. The molecule has 0 aliphatic rings. The van der Waals surface area contributed by atoms with Gasteiger partial charge in [0.15, 0.2) is 5.82 Å². The van der Waals surface area contributed by atoms with Crippen LogP contribution in [0.1, 0.15) is 10.4 Å². The van der Waals surface area contributed by atoms with E-state index in [0.29, 0.717) is 10.2 Å². The molecule has 0 atom stereocenters. The molecule has 0 fully saturated rings. The first-order chi connectivity index (χ1) is 8.16. The largest absolute Gasteiger partial charge is 0.319 e. The number of pyridine rings is 2. The number of nitrogens with one attached hydrogen (secondary N) is 1. The highest BCUT2D eigenvalue weighted by Crippen LogP contribution is 2.13. The van der Waals surface area contributed by atoms with Crippen molar-refractivity contribution in [3.8, 4) is 0 Å². The Labute approximate surface area is 105 Å². The Morgan fingerprint density at radius 2 is 2.12 bits per heavy atom. The van der Waals surface area contributed by atoms with E-state index in [1.54, 1.807) is 12.1 Å². The summed E-state index contributed by atoms with van der Waals surface area (Å²) in [5.74, 6) is -0.999. The van der Waals surface area contributed by atoms with E-state index in [4.69, 9.17) is 0 Å². The maximum atomic E-state index is 13.2. The standard InChI is InChI=1S/C11H7BrFN3O/c12-10-2-1-7(5-15-10)11(17)16-9-3-4-14-6-8(9)13/h1-6H,(H,14,16,17). The van der Waals surface area contributed by atoms with Crippen molar-refractivity contribution >= 4 is 27.5 Å². The van der Waals surface area contributed by atoms with E-state index >= 15 is 0 Å². The van der Waals surface area contributed by atoms with Crippen LogP contribution >= 0.6 is 15.9 Å². The Morgan fingerprint density at radius 1 is 1.29 bits per heavy atom. The monoisotopic (exact) mass is 295 g/mol. The van der Waals surface area contributed by atoms with Gasteiger partial charge in [-0.15, -0.1) is 0 Å². The molecule has 0 radical (unpaired) electrons. The summed E-state index contributed by atoms with van der Waals surface area (Å²) < 4.78 is 13.9. The molecule has 6 heteroatoms. The number of hydrogen-bond acceptors (Lipinski definition) is 3. The molecule has 1 amide bonds. The van der Waals surface area contributed by atoms with Crippen LogP contribution in [0.4, 0.5) is 10.1 Å². The van der Waals surface area contributed by atoms with E-state index in [9.17, 15) is 9.18 Å². The number of anilines is 1. The summed E-state index contributed by atoms with van der Waals surface area (Å²) >= 11 is 3.16. The second kappa shape index (κ2) is 5.01. The Balaban J connectivity index is 2.17. The van der Waals surface area contributed by atoms with E-state index in [-0.39, 0.29) is 5.69 Å². The summed E-state index contributed by atoms with van der Waals surface area (Å²) in [6, 6.07) is 4.61. The molecule has 4 nitrogen and oxygen atoms in total. The van der Waals surface area contributed by atoms with Crippen LogP contribution in [0, 0.1) is 5.82 Å². The summed E-state index contributed by atoms with van der Waals surface area (Å²) in [7, 11) is 0. The second-order valence-corrected chi connectivity index (χ2v) is 3.99. The van der Waals surface area contributed by atoms with Crippen molar-refractivity contribution in [3.63, 3.8) is 0 Å². The lowest BCUT2D eigenvalue weighted by Crippen LogP contribution is -2.13. The molecule has 0 aromatic carbocycles. The van der Waals surface area contributed by atoms with Crippen LogP contribution in [-0.4, -0.2) is 15.9 Å². The van der Waals surface area contributed by atoms with Crippen molar-refractivity contribution in [2.45, 2.75) is 0 Å². The van der Waals surface area contributed by atoms with E-state index in [2.05, 4.69) is 31.2 Å². The lowest BCUT2D eigenvalue weighted by molar-refractivity contribution is 0.102. The molecule has 17 heavy (non-hydrogen) atoms. The van der Waals surface area contributed by atoms with Crippen LogP contribution in [0.15, 0.2) is 41.4 Å². The predicted molar refractivity (Wildman–Crippen MR) is 64.1 cm³/mol. The van der Waals surface area contributed by atoms with Crippen LogP contribution in [0.25, 0.3) is 0 Å². The number of carbonyl (C=O) groups excluding carboxylic acids is 1. The molecule has 0 spiro atoms. The molecule has 86 valence electrons. The maximum Gasteiger partial charge on any atom is 0.257 e. The third-order valence-electron chi connectivity index (χ3n) is 2.01. The average Bonchev–Trinajstić information content (AvgIpc) is 2.33. The van der Waals surface area contributed by atoms with E-state index in [1.165, 1.54) is 18.5 Å². The fraction of sp³-hybridized carbons (Fsp3) is 0. The van der Waals surface area contributed by atoms with Crippen LogP contribution in [0.5, 0.6) is 0 Å². The number of amides is 1. The Bertz CT molecular complexity index is 545. The predicted octanol–water partition coefficient (Wildman–Crippen LogP) is 2.63. The molecule has 2 aromatic rings. The minimum Gasteiger partial charge on any atom is -0.319 e. The zero-order valence-corrected chi connectivity index (χ0v) is 10.1. The first-order valence-electron chi connectivity index (χ1n) is 4.69. The van der Waals surface area contributed by atoms with Crippen LogP contribution in [0.2, 0.25) is 0 Å². The highest BCUT2D eigenvalue weighted by Gasteiger charge is 2.09. The van der Waals surface area contributed by atoms with Gasteiger partial charge in [-0.3, -0.25) is 9.78 Å². The summed E-state index contributed by atoms with van der Waals surface area (Å²) in [6.45, 7) is 0. The van der Waals surface area contributed by atoms with Crippen LogP contribution < -0.4 is 5.32 Å². The van der Waals surface area contributed by atoms with Gasteiger partial charge in [-0.25, -0.2) is 9.37 Å². The lowest BCUT2D eigenvalue weighted by Gasteiger charge is -2.05. The van der Waals surface area contributed by atoms with Crippen LogP contribution in [0.3, 0.4) is 0 Å². The molecule has 0 saturated heterocycles. The smallest absolute Gasteiger partial charge is 0.257 e. The van der Waals surface area contributed by atoms with Gasteiger partial charge in [0.1, 0.15) is 4.60 Å². The highest BCUT2D eigenvalue weighted by atomic mass is 79.9. The van der Waals surface area contributed by atoms with Gasteiger partial charge >= 0.3 is 0 Å². The van der Waals surface area contributed by atoms with Gasteiger partial charge in [0, 0.05) is 12.4 Å². The Kier molecular flexibility index (Phi) is 3.43. The number of nitrogens with zero attached hydrogens (tertiary/aromatic N) is 2. The first-order valence-corrected chi connectivity index (χ1v) is 5.48. The van der Waals surface area contributed by atoms with Crippen molar-refractivity contribution in [3.05, 3.63) is 52.8 Å². The van der Waals surface area contributed by atoms with Crippen molar-refractivity contribution < 1.29 is 9.18 Å². The fourth-order valence-electron chi connectivity index (χ4n) is 1.18. The van der Waals surface area contributed by atoms with Crippen molar-refractivity contribution in [1.82, 2.24) is 9.97 Å². The lowest BCUT2D eigenvalue weighted by atomic mass is 10.2. The molecule has 0 saturated carbocycles. The summed E-state index contributed by atoms with van der Waals surface area (Å²) in [6.07, 6.45) is 3.84.